The number of amides is 1. The molecular formula is C21H16N4O4S3. The summed E-state index contributed by atoms with van der Waals surface area (Å²) in [5, 5.41) is 0. The lowest BCUT2D eigenvalue weighted by molar-refractivity contribution is -0.120. The van der Waals surface area contributed by atoms with E-state index in [1.165, 1.54) is 28.0 Å². The first-order valence-electron chi connectivity index (χ1n) is 9.82. The van der Waals surface area contributed by atoms with Gasteiger partial charge in [0.2, 0.25) is 11.8 Å². The van der Waals surface area contributed by atoms with Crippen molar-refractivity contribution in [1.29, 1.82) is 0 Å². The number of carbonyl (C=O) groups excluding carboxylic acids is 1. The fourth-order valence-corrected chi connectivity index (χ4v) is 5.98. The standard InChI is InChI=1S/C21H16N4O4S3/c1-3-24-18(26)12(31-20(24)14-19(27)25(4-2)21(30)32-14)10-13-22-16-17(28-13)23-15(29-16)11-8-6-5-7-9-11/h5-10H,3-4H2,1-2H3/b12-10+,20-14+. The van der Waals surface area contributed by atoms with Gasteiger partial charge < -0.3 is 8.83 Å². The molecule has 32 heavy (non-hydrogen) atoms. The Kier molecular flexibility index (Phi) is 5.31. The summed E-state index contributed by atoms with van der Waals surface area (Å²) in [6, 6.07) is 9.44. The molecule has 0 unspecified atom stereocenters. The first-order chi connectivity index (χ1) is 15.5. The van der Waals surface area contributed by atoms with E-state index >= 15 is 0 Å². The van der Waals surface area contributed by atoms with Crippen LogP contribution in [-0.2, 0) is 11.3 Å². The normalized spacial score (nSPS) is 16.7. The first kappa shape index (κ1) is 20.9. The van der Waals surface area contributed by atoms with Gasteiger partial charge in [0.05, 0.1) is 4.53 Å². The molecule has 1 saturated heterocycles. The molecule has 1 fully saturated rings. The maximum atomic E-state index is 13.0. The second kappa shape index (κ2) is 8.15. The Morgan fingerprint density at radius 1 is 1.06 bits per heavy atom. The van der Waals surface area contributed by atoms with Crippen molar-refractivity contribution in [3.8, 4) is 11.5 Å². The van der Waals surface area contributed by atoms with Crippen molar-refractivity contribution in [1.82, 2.24) is 19.4 Å². The second-order valence-electron chi connectivity index (χ2n) is 6.76. The number of thiocarbonyl (C=S) groups is 1. The molecule has 3 aromatic heterocycles. The van der Waals surface area contributed by atoms with E-state index < -0.39 is 0 Å². The van der Waals surface area contributed by atoms with Crippen LogP contribution in [0.5, 0.6) is 0 Å². The van der Waals surface area contributed by atoms with Gasteiger partial charge in [-0.2, -0.15) is 9.97 Å². The van der Waals surface area contributed by atoms with Gasteiger partial charge in [-0.3, -0.25) is 19.1 Å². The summed E-state index contributed by atoms with van der Waals surface area (Å²) in [5.74, 6) is 0.443. The van der Waals surface area contributed by atoms with Gasteiger partial charge in [-0.25, -0.2) is 0 Å². The van der Waals surface area contributed by atoms with Crippen molar-refractivity contribution >= 4 is 68.0 Å². The molecule has 1 aliphatic rings. The molecule has 0 atom stereocenters. The number of aromatic nitrogens is 3. The molecule has 5 rings (SSSR count). The van der Waals surface area contributed by atoms with Crippen molar-refractivity contribution in [3.63, 3.8) is 0 Å². The van der Waals surface area contributed by atoms with Crippen LogP contribution in [0, 0.1) is 0 Å². The number of hydrogen-bond acceptors (Lipinski definition) is 9. The smallest absolute Gasteiger partial charge is 0.288 e. The summed E-state index contributed by atoms with van der Waals surface area (Å²) in [5.41, 5.74) is 1.10. The molecule has 4 heterocycles. The van der Waals surface area contributed by atoms with Crippen LogP contribution in [0.25, 0.3) is 33.9 Å². The number of hydrogen-bond donors (Lipinski definition) is 0. The van der Waals surface area contributed by atoms with E-state index in [1.807, 2.05) is 44.2 Å². The predicted octanol–water partition coefficient (Wildman–Crippen LogP) is 2.54. The van der Waals surface area contributed by atoms with Gasteiger partial charge in [-0.15, -0.1) is 11.3 Å². The highest BCUT2D eigenvalue weighted by molar-refractivity contribution is 8.30. The summed E-state index contributed by atoms with van der Waals surface area (Å²) < 4.78 is 14.4. The maximum absolute atomic E-state index is 13.0. The largest absolute Gasteiger partial charge is 0.415 e. The molecule has 162 valence electrons. The van der Waals surface area contributed by atoms with E-state index in [0.717, 1.165) is 5.56 Å². The van der Waals surface area contributed by atoms with Gasteiger partial charge >= 0.3 is 0 Å². The highest BCUT2D eigenvalue weighted by Crippen LogP contribution is 2.31. The zero-order valence-corrected chi connectivity index (χ0v) is 19.5. The number of carbonyl (C=O) groups is 1. The highest BCUT2D eigenvalue weighted by Gasteiger charge is 2.32. The minimum atomic E-state index is -0.220. The van der Waals surface area contributed by atoms with Crippen LogP contribution in [0.1, 0.15) is 19.7 Å². The zero-order valence-electron chi connectivity index (χ0n) is 17.0. The summed E-state index contributed by atoms with van der Waals surface area (Å²) in [6.07, 6.45) is 1.54. The fraction of sp³-hybridized carbons (Fsp3) is 0.190. The van der Waals surface area contributed by atoms with Crippen LogP contribution in [-0.4, -0.2) is 36.2 Å². The molecule has 0 saturated carbocycles. The van der Waals surface area contributed by atoms with E-state index in [9.17, 15) is 9.59 Å². The fourth-order valence-electron chi connectivity index (χ4n) is 3.31. The molecule has 8 nitrogen and oxygen atoms in total. The minimum absolute atomic E-state index is 0.177. The molecule has 0 aliphatic carbocycles. The molecule has 11 heteroatoms. The number of nitrogens with zero attached hydrogens (tertiary/aromatic N) is 4. The number of rotatable bonds is 4. The number of oxazole rings is 2. The van der Waals surface area contributed by atoms with Crippen LogP contribution in [0.3, 0.4) is 0 Å². The van der Waals surface area contributed by atoms with Gasteiger partial charge in [-0.05, 0) is 26.0 Å². The Morgan fingerprint density at radius 2 is 1.81 bits per heavy atom. The third kappa shape index (κ3) is 3.42. The van der Waals surface area contributed by atoms with Crippen LogP contribution in [0.15, 0.2) is 44.0 Å². The summed E-state index contributed by atoms with van der Waals surface area (Å²) in [6.45, 7) is 4.63. The van der Waals surface area contributed by atoms with E-state index in [1.54, 1.807) is 10.6 Å². The quantitative estimate of drug-likeness (QED) is 0.408. The average Bonchev–Trinajstić information content (AvgIpc) is 3.50. The summed E-state index contributed by atoms with van der Waals surface area (Å²) in [7, 11) is 0. The van der Waals surface area contributed by atoms with Crippen LogP contribution in [0.4, 0.5) is 0 Å². The molecule has 0 spiro atoms. The Hall–Kier alpha value is -3.02. The third-order valence-electron chi connectivity index (χ3n) is 4.85. The van der Waals surface area contributed by atoms with Crippen molar-refractivity contribution < 1.29 is 13.6 Å². The van der Waals surface area contributed by atoms with Crippen LogP contribution < -0.4 is 14.8 Å². The molecule has 0 N–H and O–H groups in total. The zero-order chi connectivity index (χ0) is 22.4. The van der Waals surface area contributed by atoms with Crippen molar-refractivity contribution in [2.75, 3.05) is 6.54 Å². The van der Waals surface area contributed by atoms with E-state index in [4.69, 9.17) is 21.1 Å². The van der Waals surface area contributed by atoms with E-state index in [0.29, 0.717) is 37.4 Å². The summed E-state index contributed by atoms with van der Waals surface area (Å²) >= 11 is 7.74. The summed E-state index contributed by atoms with van der Waals surface area (Å²) in [4.78, 5) is 36.3. The van der Waals surface area contributed by atoms with Crippen molar-refractivity contribution in [2.24, 2.45) is 0 Å². The highest BCUT2D eigenvalue weighted by atomic mass is 32.2. The van der Waals surface area contributed by atoms with Gasteiger partial charge in [0.15, 0.2) is 0 Å². The van der Waals surface area contributed by atoms with Gasteiger partial charge in [0.1, 0.15) is 13.9 Å². The SMILES string of the molecule is CCN1C(=O)/C(=c2\s/c(=C/c3nc4oc(-c5ccccc5)nc4o3)c(=O)n2CC)SC1=S. The van der Waals surface area contributed by atoms with Crippen LogP contribution in [0.2, 0.25) is 0 Å². The lowest BCUT2D eigenvalue weighted by Crippen LogP contribution is -2.33. The number of fused-ring (bicyclic) bond motifs is 1. The lowest BCUT2D eigenvalue weighted by atomic mass is 10.2. The maximum Gasteiger partial charge on any atom is 0.288 e. The number of thiazole rings is 1. The number of thioether (sulfide) groups is 1. The van der Waals surface area contributed by atoms with Crippen molar-refractivity contribution in [2.45, 2.75) is 20.4 Å². The first-order valence-corrected chi connectivity index (χ1v) is 11.9. The molecule has 0 radical (unpaired) electrons. The topological polar surface area (TPSA) is 94.4 Å². The van der Waals surface area contributed by atoms with Gasteiger partial charge in [0.25, 0.3) is 22.9 Å². The molecule has 1 amide bonds. The third-order valence-corrected chi connectivity index (χ3v) is 7.55. The molecule has 4 aromatic rings. The van der Waals surface area contributed by atoms with Crippen molar-refractivity contribution in [3.05, 3.63) is 55.8 Å². The lowest BCUT2D eigenvalue weighted by Gasteiger charge is -2.09. The van der Waals surface area contributed by atoms with E-state index in [2.05, 4.69) is 9.97 Å². The second-order valence-corrected chi connectivity index (χ2v) is 9.43. The molecule has 0 bridgehead atoms. The Bertz CT molecular complexity index is 1510. The Morgan fingerprint density at radius 3 is 2.47 bits per heavy atom. The molecule has 1 aromatic carbocycles. The number of benzene rings is 1. The predicted molar refractivity (Wildman–Crippen MR) is 128 cm³/mol. The van der Waals surface area contributed by atoms with Crippen LogP contribution >= 0.6 is 35.3 Å². The molecule has 1 aliphatic heterocycles. The van der Waals surface area contributed by atoms with E-state index in [-0.39, 0.29) is 28.8 Å². The van der Waals surface area contributed by atoms with Gasteiger partial charge in [-0.1, -0.05) is 42.2 Å². The minimum Gasteiger partial charge on any atom is -0.415 e. The molecular weight excluding hydrogens is 468 g/mol. The monoisotopic (exact) mass is 484 g/mol. The average molecular weight is 485 g/mol. The Labute approximate surface area is 194 Å². The van der Waals surface area contributed by atoms with Gasteiger partial charge in [0, 0.05) is 24.7 Å². The Balaban J connectivity index is 1.59.